The summed E-state index contributed by atoms with van der Waals surface area (Å²) in [5, 5.41) is 19.5. The van der Waals surface area contributed by atoms with E-state index in [2.05, 4.69) is 10.3 Å². The second kappa shape index (κ2) is 6.34. The largest absolute Gasteiger partial charge is 0.494 e. The standard InChI is InChI=1S/C11H12N2O6/c1-19-8-5-12-3-2-6(8)10(16)13-7(11(17)18)4-9(14)15/h2-3,5,7H,4H2,1H3,(H,13,16)(H,14,15)(H,17,18). The van der Waals surface area contributed by atoms with Gasteiger partial charge >= 0.3 is 11.9 Å². The van der Waals surface area contributed by atoms with Gasteiger partial charge in [-0.15, -0.1) is 0 Å². The third-order valence-electron chi connectivity index (χ3n) is 2.23. The summed E-state index contributed by atoms with van der Waals surface area (Å²) in [5.41, 5.74) is 0.0779. The van der Waals surface area contributed by atoms with Gasteiger partial charge in [0.2, 0.25) is 0 Å². The quantitative estimate of drug-likeness (QED) is 0.649. The van der Waals surface area contributed by atoms with Crippen LogP contribution < -0.4 is 10.1 Å². The Hall–Kier alpha value is -2.64. The number of methoxy groups -OCH3 is 1. The lowest BCUT2D eigenvalue weighted by atomic mass is 10.1. The molecule has 0 aliphatic heterocycles. The van der Waals surface area contributed by atoms with Gasteiger partial charge in [-0.05, 0) is 6.07 Å². The Labute approximate surface area is 108 Å². The summed E-state index contributed by atoms with van der Waals surface area (Å²) in [5.74, 6) is -3.33. The minimum Gasteiger partial charge on any atom is -0.494 e. The maximum absolute atomic E-state index is 11.8. The van der Waals surface area contributed by atoms with Crippen molar-refractivity contribution in [3.8, 4) is 5.75 Å². The summed E-state index contributed by atoms with van der Waals surface area (Å²) >= 11 is 0. The predicted molar refractivity (Wildman–Crippen MR) is 61.9 cm³/mol. The Morgan fingerprint density at radius 3 is 2.63 bits per heavy atom. The summed E-state index contributed by atoms with van der Waals surface area (Å²) in [7, 11) is 1.33. The number of amides is 1. The average molecular weight is 268 g/mol. The van der Waals surface area contributed by atoms with Crippen molar-refractivity contribution in [3.63, 3.8) is 0 Å². The zero-order valence-corrected chi connectivity index (χ0v) is 9.99. The number of aliphatic carboxylic acids is 2. The van der Waals surface area contributed by atoms with Gasteiger partial charge in [0.15, 0.2) is 0 Å². The molecule has 0 spiro atoms. The van der Waals surface area contributed by atoms with Crippen LogP contribution in [0.5, 0.6) is 5.75 Å². The summed E-state index contributed by atoms with van der Waals surface area (Å²) in [6, 6.07) is -0.170. The fourth-order valence-corrected chi connectivity index (χ4v) is 1.34. The molecule has 3 N–H and O–H groups in total. The van der Waals surface area contributed by atoms with Crippen LogP contribution in [-0.4, -0.2) is 46.2 Å². The number of ether oxygens (including phenoxy) is 1. The van der Waals surface area contributed by atoms with Gasteiger partial charge in [-0.2, -0.15) is 0 Å². The minimum absolute atomic E-state index is 0.0779. The van der Waals surface area contributed by atoms with Crippen LogP contribution in [0, 0.1) is 0 Å². The van der Waals surface area contributed by atoms with E-state index in [-0.39, 0.29) is 11.3 Å². The molecule has 1 aromatic rings. The molecule has 1 atom stereocenters. The smallest absolute Gasteiger partial charge is 0.326 e. The Morgan fingerprint density at radius 2 is 2.11 bits per heavy atom. The van der Waals surface area contributed by atoms with E-state index in [0.29, 0.717) is 0 Å². The molecule has 0 saturated carbocycles. The summed E-state index contributed by atoms with van der Waals surface area (Å²) in [6.07, 6.45) is 1.92. The molecular formula is C11H12N2O6. The first kappa shape index (κ1) is 14.4. The summed E-state index contributed by atoms with van der Waals surface area (Å²) < 4.78 is 4.90. The molecular weight excluding hydrogens is 256 g/mol. The molecule has 0 aliphatic rings. The van der Waals surface area contributed by atoms with Crippen molar-refractivity contribution in [2.75, 3.05) is 7.11 Å². The number of nitrogens with one attached hydrogen (secondary N) is 1. The highest BCUT2D eigenvalue weighted by molar-refractivity contribution is 5.99. The van der Waals surface area contributed by atoms with Gasteiger partial charge in [-0.3, -0.25) is 14.6 Å². The van der Waals surface area contributed by atoms with Crippen molar-refractivity contribution in [2.45, 2.75) is 12.5 Å². The number of carbonyl (C=O) groups excluding carboxylic acids is 1. The molecule has 102 valence electrons. The van der Waals surface area contributed by atoms with Crippen molar-refractivity contribution in [1.82, 2.24) is 10.3 Å². The van der Waals surface area contributed by atoms with Gasteiger partial charge in [-0.1, -0.05) is 0 Å². The van der Waals surface area contributed by atoms with Crippen LogP contribution in [-0.2, 0) is 9.59 Å². The molecule has 0 radical (unpaired) electrons. The fourth-order valence-electron chi connectivity index (χ4n) is 1.34. The van der Waals surface area contributed by atoms with Crippen molar-refractivity contribution in [1.29, 1.82) is 0 Å². The lowest BCUT2D eigenvalue weighted by Gasteiger charge is -2.13. The van der Waals surface area contributed by atoms with Gasteiger partial charge in [0.1, 0.15) is 11.8 Å². The molecule has 0 fully saturated rings. The van der Waals surface area contributed by atoms with E-state index in [1.807, 2.05) is 0 Å². The number of hydrogen-bond acceptors (Lipinski definition) is 5. The van der Waals surface area contributed by atoms with Gasteiger partial charge in [0.05, 0.1) is 25.3 Å². The molecule has 1 rings (SSSR count). The summed E-state index contributed by atoms with van der Waals surface area (Å²) in [4.78, 5) is 36.9. The number of aromatic nitrogens is 1. The van der Waals surface area contributed by atoms with Crippen LogP contribution in [0.25, 0.3) is 0 Å². The van der Waals surface area contributed by atoms with Crippen LogP contribution in [0.3, 0.4) is 0 Å². The highest BCUT2D eigenvalue weighted by Crippen LogP contribution is 2.15. The molecule has 8 nitrogen and oxygen atoms in total. The number of pyridine rings is 1. The first-order valence-corrected chi connectivity index (χ1v) is 5.19. The maximum atomic E-state index is 11.8. The number of carbonyl (C=O) groups is 3. The molecule has 1 unspecified atom stereocenters. The van der Waals surface area contributed by atoms with Crippen LogP contribution in [0.1, 0.15) is 16.8 Å². The van der Waals surface area contributed by atoms with E-state index in [1.54, 1.807) is 0 Å². The van der Waals surface area contributed by atoms with Crippen LogP contribution >= 0.6 is 0 Å². The van der Waals surface area contributed by atoms with E-state index >= 15 is 0 Å². The highest BCUT2D eigenvalue weighted by atomic mass is 16.5. The third-order valence-corrected chi connectivity index (χ3v) is 2.23. The lowest BCUT2D eigenvalue weighted by molar-refractivity contribution is -0.145. The molecule has 1 amide bonds. The van der Waals surface area contributed by atoms with Gasteiger partial charge in [0, 0.05) is 6.20 Å². The molecule has 8 heteroatoms. The number of carboxylic acid groups (broad SMARTS) is 2. The number of rotatable bonds is 6. The predicted octanol–water partition coefficient (Wildman–Crippen LogP) is -0.252. The zero-order valence-electron chi connectivity index (χ0n) is 9.99. The molecule has 0 bridgehead atoms. The van der Waals surface area contributed by atoms with Crippen molar-refractivity contribution in [3.05, 3.63) is 24.0 Å². The van der Waals surface area contributed by atoms with Gasteiger partial charge < -0.3 is 20.3 Å². The topological polar surface area (TPSA) is 126 Å². The number of carboxylic acids is 2. The second-order valence-electron chi connectivity index (χ2n) is 3.54. The van der Waals surface area contributed by atoms with Crippen LogP contribution in [0.4, 0.5) is 0 Å². The van der Waals surface area contributed by atoms with Crippen LogP contribution in [0.15, 0.2) is 18.5 Å². The van der Waals surface area contributed by atoms with E-state index in [9.17, 15) is 14.4 Å². The SMILES string of the molecule is COc1cnccc1C(=O)NC(CC(=O)O)C(=O)O. The van der Waals surface area contributed by atoms with Crippen molar-refractivity contribution < 1.29 is 29.3 Å². The van der Waals surface area contributed by atoms with Crippen molar-refractivity contribution >= 4 is 17.8 Å². The van der Waals surface area contributed by atoms with Gasteiger partial charge in [0.25, 0.3) is 5.91 Å². The Bertz CT molecular complexity index is 502. The monoisotopic (exact) mass is 268 g/mol. The second-order valence-corrected chi connectivity index (χ2v) is 3.54. The number of hydrogen-bond donors (Lipinski definition) is 3. The minimum atomic E-state index is -1.51. The molecule has 0 saturated heterocycles. The fraction of sp³-hybridized carbons (Fsp3) is 0.273. The van der Waals surface area contributed by atoms with E-state index in [1.165, 1.54) is 25.6 Å². The Kier molecular flexibility index (Phi) is 4.81. The van der Waals surface area contributed by atoms with E-state index < -0.39 is 30.3 Å². The Balaban J connectivity index is 2.87. The summed E-state index contributed by atoms with van der Waals surface area (Å²) in [6.45, 7) is 0. The van der Waals surface area contributed by atoms with E-state index in [0.717, 1.165) is 0 Å². The average Bonchev–Trinajstić information content (AvgIpc) is 2.37. The maximum Gasteiger partial charge on any atom is 0.326 e. The normalized spacial score (nSPS) is 11.4. The molecule has 1 aromatic heterocycles. The number of nitrogens with zero attached hydrogens (tertiary/aromatic N) is 1. The molecule has 0 aromatic carbocycles. The van der Waals surface area contributed by atoms with Gasteiger partial charge in [-0.25, -0.2) is 4.79 Å². The zero-order chi connectivity index (χ0) is 14.4. The Morgan fingerprint density at radius 1 is 1.42 bits per heavy atom. The third kappa shape index (κ3) is 3.95. The molecule has 0 aliphatic carbocycles. The van der Waals surface area contributed by atoms with Crippen LogP contribution in [0.2, 0.25) is 0 Å². The lowest BCUT2D eigenvalue weighted by Crippen LogP contribution is -2.42. The van der Waals surface area contributed by atoms with E-state index in [4.69, 9.17) is 14.9 Å². The first-order chi connectivity index (χ1) is 8.95. The van der Waals surface area contributed by atoms with Crippen molar-refractivity contribution in [2.24, 2.45) is 0 Å². The highest BCUT2D eigenvalue weighted by Gasteiger charge is 2.24. The molecule has 19 heavy (non-hydrogen) atoms. The first-order valence-electron chi connectivity index (χ1n) is 5.19. The molecule has 1 heterocycles.